The van der Waals surface area contributed by atoms with Crippen molar-refractivity contribution in [2.45, 2.75) is 59.2 Å². The molecule has 0 aliphatic rings. The summed E-state index contributed by atoms with van der Waals surface area (Å²) in [5.74, 6) is 0.638. The Morgan fingerprint density at radius 3 is 2.20 bits per heavy atom. The lowest BCUT2D eigenvalue weighted by molar-refractivity contribution is 0.0441. The van der Waals surface area contributed by atoms with Gasteiger partial charge in [0.05, 0.1) is 18.8 Å². The molecule has 2 unspecified atom stereocenters. The number of nitriles is 1. The maximum Gasteiger partial charge on any atom is 0.119 e. The molecule has 3 heteroatoms. The topological polar surface area (TPSA) is 45.0 Å². The Morgan fingerprint density at radius 1 is 1.20 bits per heavy atom. The van der Waals surface area contributed by atoms with E-state index in [-0.39, 0.29) is 12.1 Å². The molecule has 0 aromatic carbocycles. The van der Waals surface area contributed by atoms with E-state index in [1.165, 1.54) is 0 Å². The number of rotatable bonds is 7. The first-order chi connectivity index (χ1) is 6.95. The van der Waals surface area contributed by atoms with Gasteiger partial charge in [-0.05, 0) is 33.1 Å². The molecular formula is C12H24N2O. The minimum atomic E-state index is -0.195. The molecule has 0 bridgehead atoms. The Kier molecular flexibility index (Phi) is 7.37. The van der Waals surface area contributed by atoms with Crippen LogP contribution in [-0.4, -0.2) is 24.8 Å². The van der Waals surface area contributed by atoms with Crippen LogP contribution in [-0.2, 0) is 4.74 Å². The molecule has 0 fully saturated rings. The van der Waals surface area contributed by atoms with Crippen LogP contribution in [0.25, 0.3) is 0 Å². The normalized spacial score (nSPS) is 15.3. The first kappa shape index (κ1) is 14.4. The van der Waals surface area contributed by atoms with Crippen LogP contribution in [0.5, 0.6) is 0 Å². The highest BCUT2D eigenvalue weighted by atomic mass is 16.5. The zero-order valence-electron chi connectivity index (χ0n) is 10.6. The van der Waals surface area contributed by atoms with Crippen molar-refractivity contribution in [1.29, 1.82) is 5.26 Å². The highest BCUT2D eigenvalue weighted by Gasteiger charge is 2.11. The van der Waals surface area contributed by atoms with Crippen molar-refractivity contribution < 1.29 is 4.74 Å². The van der Waals surface area contributed by atoms with E-state index >= 15 is 0 Å². The van der Waals surface area contributed by atoms with Gasteiger partial charge in [0.1, 0.15) is 6.04 Å². The van der Waals surface area contributed by atoms with Crippen molar-refractivity contribution in [3.63, 3.8) is 0 Å². The van der Waals surface area contributed by atoms with Gasteiger partial charge in [-0.3, -0.25) is 5.32 Å². The summed E-state index contributed by atoms with van der Waals surface area (Å²) in [7, 11) is 0. The molecule has 88 valence electrons. The van der Waals surface area contributed by atoms with Gasteiger partial charge in [-0.15, -0.1) is 0 Å². The zero-order chi connectivity index (χ0) is 11.8. The molecule has 0 aromatic rings. The molecule has 0 saturated carbocycles. The average Bonchev–Trinajstić information content (AvgIpc) is 2.10. The fraction of sp³-hybridized carbons (Fsp3) is 0.917. The molecule has 0 aliphatic carbocycles. The summed E-state index contributed by atoms with van der Waals surface area (Å²) < 4.78 is 5.62. The number of hydrogen-bond donors (Lipinski definition) is 1. The van der Waals surface area contributed by atoms with Crippen LogP contribution in [0.4, 0.5) is 0 Å². The quantitative estimate of drug-likeness (QED) is 0.704. The van der Waals surface area contributed by atoms with Crippen LogP contribution in [0.3, 0.4) is 0 Å². The van der Waals surface area contributed by atoms with Crippen molar-refractivity contribution in [2.75, 3.05) is 6.61 Å². The highest BCUT2D eigenvalue weighted by molar-refractivity contribution is 4.90. The second-order valence-electron chi connectivity index (χ2n) is 4.78. The molecule has 0 rings (SSSR count). The van der Waals surface area contributed by atoms with Gasteiger partial charge < -0.3 is 4.74 Å². The fourth-order valence-corrected chi connectivity index (χ4v) is 1.52. The van der Waals surface area contributed by atoms with E-state index in [2.05, 4.69) is 32.2 Å². The summed E-state index contributed by atoms with van der Waals surface area (Å²) in [5.41, 5.74) is 0. The third-order valence-electron chi connectivity index (χ3n) is 2.04. The van der Waals surface area contributed by atoms with Gasteiger partial charge in [0.15, 0.2) is 0 Å². The van der Waals surface area contributed by atoms with E-state index in [4.69, 9.17) is 10.00 Å². The first-order valence-electron chi connectivity index (χ1n) is 5.73. The Hall–Kier alpha value is -0.590. The zero-order valence-corrected chi connectivity index (χ0v) is 10.6. The SMILES string of the molecule is CC(C)CC(C)OCC(C#N)NC(C)C. The van der Waals surface area contributed by atoms with Crippen molar-refractivity contribution in [3.8, 4) is 6.07 Å². The maximum atomic E-state index is 8.88. The van der Waals surface area contributed by atoms with Gasteiger partial charge in [0.2, 0.25) is 0 Å². The van der Waals surface area contributed by atoms with Gasteiger partial charge in [-0.1, -0.05) is 13.8 Å². The van der Waals surface area contributed by atoms with Gasteiger partial charge in [0, 0.05) is 6.04 Å². The molecule has 15 heavy (non-hydrogen) atoms. The second kappa shape index (κ2) is 7.67. The van der Waals surface area contributed by atoms with Crippen LogP contribution >= 0.6 is 0 Å². The fourth-order valence-electron chi connectivity index (χ4n) is 1.52. The van der Waals surface area contributed by atoms with E-state index in [0.29, 0.717) is 18.6 Å². The monoisotopic (exact) mass is 212 g/mol. The molecular weight excluding hydrogens is 188 g/mol. The van der Waals surface area contributed by atoms with E-state index in [1.807, 2.05) is 13.8 Å². The van der Waals surface area contributed by atoms with Crippen LogP contribution in [0.15, 0.2) is 0 Å². The first-order valence-corrected chi connectivity index (χ1v) is 5.73. The molecule has 0 spiro atoms. The van der Waals surface area contributed by atoms with Crippen molar-refractivity contribution in [3.05, 3.63) is 0 Å². The molecule has 0 aliphatic heterocycles. The summed E-state index contributed by atoms with van der Waals surface area (Å²) in [4.78, 5) is 0. The van der Waals surface area contributed by atoms with E-state index in [9.17, 15) is 0 Å². The molecule has 0 amide bonds. The number of hydrogen-bond acceptors (Lipinski definition) is 3. The predicted octanol–water partition coefficient (Wildman–Crippen LogP) is 2.33. The highest BCUT2D eigenvalue weighted by Crippen LogP contribution is 2.07. The van der Waals surface area contributed by atoms with Gasteiger partial charge >= 0.3 is 0 Å². The number of nitrogens with one attached hydrogen (secondary N) is 1. The summed E-state index contributed by atoms with van der Waals surface area (Å²) in [6.07, 6.45) is 1.27. The summed E-state index contributed by atoms with van der Waals surface area (Å²) in [6.45, 7) is 10.9. The minimum absolute atomic E-state index is 0.195. The summed E-state index contributed by atoms with van der Waals surface area (Å²) in [5, 5.41) is 12.0. The number of nitrogens with zero attached hydrogens (tertiary/aromatic N) is 1. The smallest absolute Gasteiger partial charge is 0.119 e. The van der Waals surface area contributed by atoms with Crippen LogP contribution in [0.1, 0.15) is 41.0 Å². The Labute approximate surface area is 93.8 Å². The molecule has 0 saturated heterocycles. The van der Waals surface area contributed by atoms with Crippen molar-refractivity contribution >= 4 is 0 Å². The molecule has 3 nitrogen and oxygen atoms in total. The van der Waals surface area contributed by atoms with Gasteiger partial charge in [-0.25, -0.2) is 0 Å². The lowest BCUT2D eigenvalue weighted by Gasteiger charge is -2.19. The molecule has 1 N–H and O–H groups in total. The largest absolute Gasteiger partial charge is 0.376 e. The van der Waals surface area contributed by atoms with Crippen molar-refractivity contribution in [1.82, 2.24) is 5.32 Å². The standard InChI is InChI=1S/C12H24N2O/c1-9(2)6-11(5)15-8-12(7-13)14-10(3)4/h9-12,14H,6,8H2,1-5H3. The van der Waals surface area contributed by atoms with Crippen LogP contribution in [0, 0.1) is 17.2 Å². The third kappa shape index (κ3) is 8.41. The Morgan fingerprint density at radius 2 is 1.80 bits per heavy atom. The lowest BCUT2D eigenvalue weighted by Crippen LogP contribution is -2.38. The summed E-state index contributed by atoms with van der Waals surface area (Å²) >= 11 is 0. The predicted molar refractivity (Wildman–Crippen MR) is 62.5 cm³/mol. The molecule has 0 radical (unpaired) electrons. The Bertz CT molecular complexity index is 196. The maximum absolute atomic E-state index is 8.88. The van der Waals surface area contributed by atoms with Crippen LogP contribution < -0.4 is 5.32 Å². The van der Waals surface area contributed by atoms with Gasteiger partial charge in [0.25, 0.3) is 0 Å². The molecule has 0 aromatic heterocycles. The lowest BCUT2D eigenvalue weighted by atomic mass is 10.1. The van der Waals surface area contributed by atoms with Crippen LogP contribution in [0.2, 0.25) is 0 Å². The minimum Gasteiger partial charge on any atom is -0.376 e. The van der Waals surface area contributed by atoms with E-state index in [1.54, 1.807) is 0 Å². The number of ether oxygens (including phenoxy) is 1. The second-order valence-corrected chi connectivity index (χ2v) is 4.78. The average molecular weight is 212 g/mol. The van der Waals surface area contributed by atoms with E-state index in [0.717, 1.165) is 6.42 Å². The van der Waals surface area contributed by atoms with E-state index < -0.39 is 0 Å². The molecule has 0 heterocycles. The summed E-state index contributed by atoms with van der Waals surface area (Å²) in [6, 6.07) is 2.33. The van der Waals surface area contributed by atoms with Crippen molar-refractivity contribution in [2.24, 2.45) is 5.92 Å². The Balaban J connectivity index is 3.76. The van der Waals surface area contributed by atoms with Gasteiger partial charge in [-0.2, -0.15) is 5.26 Å². The molecule has 2 atom stereocenters. The third-order valence-corrected chi connectivity index (χ3v) is 2.04.